The summed E-state index contributed by atoms with van der Waals surface area (Å²) in [5, 5.41) is 13.0. The molecule has 1 aliphatic heterocycles. The summed E-state index contributed by atoms with van der Waals surface area (Å²) in [6, 6.07) is 5.81. The number of aromatic carboxylic acids is 1. The number of carboxylic acids is 1. The molecule has 0 saturated carbocycles. The van der Waals surface area contributed by atoms with Gasteiger partial charge in [0.15, 0.2) is 0 Å². The van der Waals surface area contributed by atoms with E-state index in [0.29, 0.717) is 18.2 Å². The molecule has 27 heavy (non-hydrogen) atoms. The fourth-order valence-electron chi connectivity index (χ4n) is 3.48. The Balaban J connectivity index is 1.68. The van der Waals surface area contributed by atoms with Crippen LogP contribution in [0.5, 0.6) is 0 Å². The number of carbonyl (C=O) groups excluding carboxylic acids is 1. The van der Waals surface area contributed by atoms with Crippen molar-refractivity contribution in [1.29, 1.82) is 0 Å². The molecule has 8 heteroatoms. The van der Waals surface area contributed by atoms with E-state index in [1.54, 1.807) is 6.92 Å². The van der Waals surface area contributed by atoms with Crippen molar-refractivity contribution in [1.82, 2.24) is 15.0 Å². The van der Waals surface area contributed by atoms with Gasteiger partial charge in [-0.05, 0) is 25.1 Å². The largest absolute Gasteiger partial charge is 0.478 e. The van der Waals surface area contributed by atoms with Gasteiger partial charge in [0.25, 0.3) is 0 Å². The lowest BCUT2D eigenvalue weighted by molar-refractivity contribution is -0.114. The molecule has 1 amide bonds. The Hall–Kier alpha value is -3.42. The number of anilines is 2. The summed E-state index contributed by atoms with van der Waals surface area (Å²) < 4.78 is 0. The minimum atomic E-state index is -1.03. The van der Waals surface area contributed by atoms with Crippen molar-refractivity contribution in [2.45, 2.75) is 26.8 Å². The molecular weight excluding hydrogens is 346 g/mol. The van der Waals surface area contributed by atoms with Crippen LogP contribution in [0, 0.1) is 6.92 Å². The average molecular weight is 365 g/mol. The van der Waals surface area contributed by atoms with Crippen LogP contribution in [0.2, 0.25) is 0 Å². The Bertz CT molecular complexity index is 1070. The first-order chi connectivity index (χ1) is 12.9. The number of nitrogens with one attached hydrogen (secondary N) is 2. The topological polar surface area (TPSA) is 111 Å². The summed E-state index contributed by atoms with van der Waals surface area (Å²) in [7, 11) is 0. The van der Waals surface area contributed by atoms with Gasteiger partial charge in [0, 0.05) is 60.5 Å². The van der Waals surface area contributed by atoms with E-state index in [9.17, 15) is 9.59 Å². The number of carboxylic acid groups (broad SMARTS) is 1. The van der Waals surface area contributed by atoms with E-state index in [1.807, 2.05) is 23.1 Å². The fraction of sp³-hybridized carbons (Fsp3) is 0.263. The predicted molar refractivity (Wildman–Crippen MR) is 101 cm³/mol. The molecule has 0 saturated heterocycles. The lowest BCUT2D eigenvalue weighted by Crippen LogP contribution is -2.31. The molecule has 1 aliphatic rings. The Morgan fingerprint density at radius 1 is 1.33 bits per heavy atom. The number of fused-ring (bicyclic) bond motifs is 3. The van der Waals surface area contributed by atoms with Gasteiger partial charge in [-0.1, -0.05) is 0 Å². The molecule has 0 radical (unpaired) electrons. The van der Waals surface area contributed by atoms with Crippen LogP contribution in [0.3, 0.4) is 0 Å². The molecule has 3 N–H and O–H groups in total. The number of hydrogen-bond acceptors (Lipinski definition) is 5. The van der Waals surface area contributed by atoms with Crippen molar-refractivity contribution in [2.24, 2.45) is 0 Å². The highest BCUT2D eigenvalue weighted by Gasteiger charge is 2.23. The van der Waals surface area contributed by atoms with E-state index < -0.39 is 5.97 Å². The molecule has 0 fully saturated rings. The number of amides is 1. The minimum absolute atomic E-state index is 0.109. The number of aromatic nitrogens is 3. The number of rotatable bonds is 3. The normalized spacial score (nSPS) is 13.5. The average Bonchev–Trinajstić information content (AvgIpc) is 2.98. The molecule has 0 aliphatic carbocycles. The second kappa shape index (κ2) is 6.39. The van der Waals surface area contributed by atoms with Crippen LogP contribution >= 0.6 is 0 Å². The first-order valence-corrected chi connectivity index (χ1v) is 8.65. The number of hydrogen-bond donors (Lipinski definition) is 3. The zero-order valence-electron chi connectivity index (χ0n) is 15.0. The van der Waals surface area contributed by atoms with Crippen LogP contribution in [0.4, 0.5) is 11.6 Å². The van der Waals surface area contributed by atoms with Crippen molar-refractivity contribution in [2.75, 3.05) is 16.8 Å². The summed E-state index contributed by atoms with van der Waals surface area (Å²) in [5.41, 5.74) is 4.65. The zero-order valence-corrected chi connectivity index (χ0v) is 15.0. The van der Waals surface area contributed by atoms with Crippen molar-refractivity contribution in [3.8, 4) is 0 Å². The summed E-state index contributed by atoms with van der Waals surface area (Å²) in [5.74, 6) is -0.611. The lowest BCUT2D eigenvalue weighted by Gasteiger charge is -2.27. The van der Waals surface area contributed by atoms with E-state index in [1.165, 1.54) is 18.8 Å². The van der Waals surface area contributed by atoms with Gasteiger partial charge in [-0.2, -0.15) is 0 Å². The quantitative estimate of drug-likeness (QED) is 0.657. The van der Waals surface area contributed by atoms with E-state index in [-0.39, 0.29) is 11.5 Å². The maximum atomic E-state index is 11.3. The Morgan fingerprint density at radius 3 is 2.85 bits per heavy atom. The van der Waals surface area contributed by atoms with E-state index >= 15 is 0 Å². The summed E-state index contributed by atoms with van der Waals surface area (Å²) >= 11 is 0. The number of benzene rings is 1. The Labute approximate surface area is 155 Å². The number of nitrogens with zero attached hydrogens (tertiary/aromatic N) is 3. The molecular formula is C19H19N5O3. The highest BCUT2D eigenvalue weighted by molar-refractivity contribution is 5.94. The van der Waals surface area contributed by atoms with Crippen LogP contribution in [-0.2, 0) is 17.8 Å². The molecule has 0 atom stereocenters. The van der Waals surface area contributed by atoms with Crippen LogP contribution in [0.25, 0.3) is 10.9 Å². The van der Waals surface area contributed by atoms with Crippen LogP contribution in [0.1, 0.15) is 34.2 Å². The highest BCUT2D eigenvalue weighted by Crippen LogP contribution is 2.31. The lowest BCUT2D eigenvalue weighted by atomic mass is 10.0. The van der Waals surface area contributed by atoms with E-state index in [2.05, 4.69) is 20.3 Å². The van der Waals surface area contributed by atoms with E-state index in [0.717, 1.165) is 35.1 Å². The molecule has 0 spiro atoms. The van der Waals surface area contributed by atoms with Gasteiger partial charge in [-0.15, -0.1) is 0 Å². The van der Waals surface area contributed by atoms with Crippen LogP contribution < -0.4 is 10.2 Å². The maximum Gasteiger partial charge on any atom is 0.339 e. The smallest absolute Gasteiger partial charge is 0.339 e. The van der Waals surface area contributed by atoms with Gasteiger partial charge in [-0.3, -0.25) is 4.79 Å². The van der Waals surface area contributed by atoms with E-state index in [4.69, 9.17) is 5.11 Å². The maximum absolute atomic E-state index is 11.3. The highest BCUT2D eigenvalue weighted by atomic mass is 16.4. The summed E-state index contributed by atoms with van der Waals surface area (Å²) in [6.07, 6.45) is 2.17. The summed E-state index contributed by atoms with van der Waals surface area (Å²) in [6.45, 7) is 4.52. The van der Waals surface area contributed by atoms with Gasteiger partial charge in [0.05, 0.1) is 11.3 Å². The molecule has 8 nitrogen and oxygen atoms in total. The second-order valence-electron chi connectivity index (χ2n) is 6.67. The second-order valence-corrected chi connectivity index (χ2v) is 6.67. The molecule has 4 rings (SSSR count). The van der Waals surface area contributed by atoms with Crippen molar-refractivity contribution >= 4 is 34.4 Å². The number of carbonyl (C=O) groups is 2. The zero-order chi connectivity index (χ0) is 19.1. The minimum Gasteiger partial charge on any atom is -0.478 e. The predicted octanol–water partition coefficient (Wildman–Crippen LogP) is 2.49. The molecule has 0 unspecified atom stereocenters. The van der Waals surface area contributed by atoms with Gasteiger partial charge in [0.2, 0.25) is 11.9 Å². The third-order valence-corrected chi connectivity index (χ3v) is 4.78. The molecule has 138 valence electrons. The van der Waals surface area contributed by atoms with Gasteiger partial charge in [-0.25, -0.2) is 14.8 Å². The molecule has 2 aromatic heterocycles. The first kappa shape index (κ1) is 17.0. The molecule has 3 heterocycles. The SMILES string of the molecule is CC(=O)Nc1ccc2[nH]c3c(c2c1)CN(c1ncc(C(=O)O)c(C)n1)CC3. The van der Waals surface area contributed by atoms with Gasteiger partial charge < -0.3 is 20.3 Å². The number of aryl methyl sites for hydroxylation is 1. The monoisotopic (exact) mass is 365 g/mol. The van der Waals surface area contributed by atoms with Crippen molar-refractivity contribution in [3.05, 3.63) is 46.9 Å². The van der Waals surface area contributed by atoms with Crippen LogP contribution in [0.15, 0.2) is 24.4 Å². The first-order valence-electron chi connectivity index (χ1n) is 8.65. The van der Waals surface area contributed by atoms with Crippen molar-refractivity contribution < 1.29 is 14.7 Å². The number of aromatic amines is 1. The van der Waals surface area contributed by atoms with Crippen molar-refractivity contribution in [3.63, 3.8) is 0 Å². The summed E-state index contributed by atoms with van der Waals surface area (Å²) in [4.78, 5) is 36.6. The Morgan fingerprint density at radius 2 is 2.15 bits per heavy atom. The molecule has 3 aromatic rings. The molecule has 0 bridgehead atoms. The fourth-order valence-corrected chi connectivity index (χ4v) is 3.48. The third-order valence-electron chi connectivity index (χ3n) is 4.78. The third kappa shape index (κ3) is 3.10. The van der Waals surface area contributed by atoms with Gasteiger partial charge in [0.1, 0.15) is 0 Å². The molecule has 1 aromatic carbocycles. The standard InChI is InChI=1S/C19H19N5O3/c1-10-14(18(26)27)8-20-19(21-10)24-6-5-17-15(9-24)13-7-12(22-11(2)25)3-4-16(13)23-17/h3-4,7-8,23H,5-6,9H2,1-2H3,(H,22,25)(H,26,27). The van der Waals surface area contributed by atoms with Gasteiger partial charge >= 0.3 is 5.97 Å². The number of H-pyrrole nitrogens is 1. The van der Waals surface area contributed by atoms with Crippen LogP contribution in [-0.4, -0.2) is 38.5 Å². The Kier molecular flexibility index (Phi) is 4.02.